The SMILES string of the molecule is COc1ccc(NC(=O)Nc2cccc(OCCCCCCCCOc3cccc(NC(=O)Nc4ccc(OC)cc4)c3)c2)cc1. The van der Waals surface area contributed by atoms with Gasteiger partial charge in [0.2, 0.25) is 0 Å². The first-order chi connectivity index (χ1) is 22.5. The molecule has 0 unspecified atom stereocenters. The number of unbranched alkanes of at least 4 members (excludes halogenated alkanes) is 5. The number of nitrogens with one attached hydrogen (secondary N) is 4. The molecule has 0 saturated carbocycles. The Morgan fingerprint density at radius 1 is 0.457 bits per heavy atom. The van der Waals surface area contributed by atoms with E-state index in [1.807, 2.05) is 48.5 Å². The average molecular weight is 627 g/mol. The van der Waals surface area contributed by atoms with Gasteiger partial charge >= 0.3 is 12.1 Å². The Bertz CT molecular complexity index is 1400. The summed E-state index contributed by atoms with van der Waals surface area (Å²) in [5, 5.41) is 11.3. The Labute approximate surface area is 270 Å². The molecule has 0 aliphatic heterocycles. The first kappa shape index (κ1) is 33.5. The predicted molar refractivity (Wildman–Crippen MR) is 183 cm³/mol. The maximum Gasteiger partial charge on any atom is 0.323 e. The summed E-state index contributed by atoms with van der Waals surface area (Å²) in [6.45, 7) is 1.24. The quantitative estimate of drug-likeness (QED) is 0.0870. The molecule has 0 atom stereocenters. The molecule has 46 heavy (non-hydrogen) atoms. The van der Waals surface area contributed by atoms with Crippen LogP contribution in [0.15, 0.2) is 97.1 Å². The standard InChI is InChI=1S/C36H42N4O6/c1-43-31-19-15-27(16-20-31)37-35(41)39-29-11-9-13-33(25-29)45-23-7-5-3-4-6-8-24-46-34-14-10-12-30(26-34)40-36(42)38-28-17-21-32(44-2)22-18-28/h9-22,25-26H,3-8,23-24H2,1-2H3,(H2,37,39,41)(H2,38,40,42). The number of rotatable bonds is 17. The predicted octanol–water partition coefficient (Wildman–Crippen LogP) is 8.79. The van der Waals surface area contributed by atoms with Gasteiger partial charge in [-0.2, -0.15) is 0 Å². The summed E-state index contributed by atoms with van der Waals surface area (Å²) in [7, 11) is 3.20. The number of methoxy groups -OCH3 is 2. The van der Waals surface area contributed by atoms with Crippen molar-refractivity contribution in [2.24, 2.45) is 0 Å². The van der Waals surface area contributed by atoms with E-state index >= 15 is 0 Å². The third kappa shape index (κ3) is 12.0. The fourth-order valence-corrected chi connectivity index (χ4v) is 4.55. The van der Waals surface area contributed by atoms with Crippen molar-refractivity contribution in [3.63, 3.8) is 0 Å². The normalized spacial score (nSPS) is 10.4. The zero-order valence-corrected chi connectivity index (χ0v) is 26.3. The minimum Gasteiger partial charge on any atom is -0.497 e. The van der Waals surface area contributed by atoms with Gasteiger partial charge in [0.05, 0.1) is 27.4 Å². The van der Waals surface area contributed by atoms with Gasteiger partial charge in [-0.25, -0.2) is 9.59 Å². The highest BCUT2D eigenvalue weighted by atomic mass is 16.5. The number of urea groups is 2. The van der Waals surface area contributed by atoms with Gasteiger partial charge in [0.25, 0.3) is 0 Å². The third-order valence-electron chi connectivity index (χ3n) is 6.96. The lowest BCUT2D eigenvalue weighted by Gasteiger charge is -2.11. The molecule has 0 fully saturated rings. The fourth-order valence-electron chi connectivity index (χ4n) is 4.55. The summed E-state index contributed by atoms with van der Waals surface area (Å²) in [5.74, 6) is 2.89. The summed E-state index contributed by atoms with van der Waals surface area (Å²) in [6, 6.07) is 28.4. The second-order valence-electron chi connectivity index (χ2n) is 10.5. The average Bonchev–Trinajstić information content (AvgIpc) is 3.06. The highest BCUT2D eigenvalue weighted by Crippen LogP contribution is 2.21. The molecule has 0 heterocycles. The number of anilines is 4. The van der Waals surface area contributed by atoms with Crippen molar-refractivity contribution in [1.29, 1.82) is 0 Å². The van der Waals surface area contributed by atoms with E-state index in [9.17, 15) is 9.59 Å². The van der Waals surface area contributed by atoms with Crippen LogP contribution in [0, 0.1) is 0 Å². The Kier molecular flexibility index (Phi) is 13.4. The second-order valence-corrected chi connectivity index (χ2v) is 10.5. The van der Waals surface area contributed by atoms with Crippen molar-refractivity contribution in [2.45, 2.75) is 38.5 Å². The second kappa shape index (κ2) is 18.4. The van der Waals surface area contributed by atoms with E-state index in [-0.39, 0.29) is 12.1 Å². The highest BCUT2D eigenvalue weighted by molar-refractivity contribution is 6.00. The van der Waals surface area contributed by atoms with Crippen LogP contribution in [0.25, 0.3) is 0 Å². The van der Waals surface area contributed by atoms with E-state index in [4.69, 9.17) is 18.9 Å². The number of carbonyl (C=O) groups is 2. The maximum absolute atomic E-state index is 12.3. The molecule has 10 heteroatoms. The molecule has 0 spiro atoms. The van der Waals surface area contributed by atoms with Gasteiger partial charge in [0.1, 0.15) is 23.0 Å². The van der Waals surface area contributed by atoms with E-state index in [0.717, 1.165) is 61.5 Å². The molecule has 0 aromatic heterocycles. The number of carbonyl (C=O) groups excluding carboxylic acids is 2. The molecule has 4 amide bonds. The van der Waals surface area contributed by atoms with Gasteiger partial charge in [0, 0.05) is 34.9 Å². The van der Waals surface area contributed by atoms with E-state index < -0.39 is 0 Å². The molecule has 0 radical (unpaired) electrons. The summed E-state index contributed by atoms with van der Waals surface area (Å²) in [6.07, 6.45) is 6.32. The summed E-state index contributed by atoms with van der Waals surface area (Å²) in [4.78, 5) is 24.7. The van der Waals surface area contributed by atoms with Crippen molar-refractivity contribution in [1.82, 2.24) is 0 Å². The molecule has 4 aromatic rings. The molecule has 4 rings (SSSR count). The zero-order valence-electron chi connectivity index (χ0n) is 26.3. The van der Waals surface area contributed by atoms with Crippen LogP contribution in [0.1, 0.15) is 38.5 Å². The lowest BCUT2D eigenvalue weighted by Crippen LogP contribution is -2.19. The van der Waals surface area contributed by atoms with Crippen molar-refractivity contribution >= 4 is 34.8 Å². The molecule has 0 aliphatic rings. The smallest absolute Gasteiger partial charge is 0.323 e. The van der Waals surface area contributed by atoms with Crippen molar-refractivity contribution in [2.75, 3.05) is 48.7 Å². The van der Waals surface area contributed by atoms with Crippen LogP contribution in [-0.2, 0) is 0 Å². The zero-order chi connectivity index (χ0) is 32.4. The Balaban J connectivity index is 1.03. The fraction of sp³-hybridized carbons (Fsp3) is 0.278. The molecule has 0 saturated heterocycles. The first-order valence-corrected chi connectivity index (χ1v) is 15.4. The van der Waals surface area contributed by atoms with Gasteiger partial charge in [-0.1, -0.05) is 37.8 Å². The molecule has 0 bridgehead atoms. The van der Waals surface area contributed by atoms with Crippen LogP contribution in [0.4, 0.5) is 32.3 Å². The Hall–Kier alpha value is -5.38. The molecular weight excluding hydrogens is 584 g/mol. The van der Waals surface area contributed by atoms with E-state index in [0.29, 0.717) is 36.0 Å². The molecule has 10 nitrogen and oxygen atoms in total. The van der Waals surface area contributed by atoms with Crippen molar-refractivity contribution < 1.29 is 28.5 Å². The van der Waals surface area contributed by atoms with Gasteiger partial charge in [-0.15, -0.1) is 0 Å². The highest BCUT2D eigenvalue weighted by Gasteiger charge is 2.06. The van der Waals surface area contributed by atoms with Crippen molar-refractivity contribution in [3.05, 3.63) is 97.1 Å². The molecular formula is C36H42N4O6. The maximum atomic E-state index is 12.3. The largest absolute Gasteiger partial charge is 0.497 e. The Morgan fingerprint density at radius 3 is 1.22 bits per heavy atom. The number of benzene rings is 4. The molecule has 0 aliphatic carbocycles. The first-order valence-electron chi connectivity index (χ1n) is 15.4. The van der Waals surface area contributed by atoms with E-state index in [1.54, 1.807) is 62.8 Å². The number of ether oxygens (including phenoxy) is 4. The van der Waals surface area contributed by atoms with Crippen LogP contribution >= 0.6 is 0 Å². The number of hydrogen-bond acceptors (Lipinski definition) is 6. The van der Waals surface area contributed by atoms with Crippen LogP contribution in [-0.4, -0.2) is 39.5 Å². The van der Waals surface area contributed by atoms with Crippen LogP contribution in [0.2, 0.25) is 0 Å². The van der Waals surface area contributed by atoms with Crippen LogP contribution in [0.3, 0.4) is 0 Å². The van der Waals surface area contributed by atoms with E-state index in [1.165, 1.54) is 0 Å². The lowest BCUT2D eigenvalue weighted by molar-refractivity contribution is 0.261. The summed E-state index contributed by atoms with van der Waals surface area (Å²) < 4.78 is 22.1. The van der Waals surface area contributed by atoms with E-state index in [2.05, 4.69) is 21.3 Å². The summed E-state index contributed by atoms with van der Waals surface area (Å²) >= 11 is 0. The lowest BCUT2D eigenvalue weighted by atomic mass is 10.1. The minimum atomic E-state index is -0.330. The van der Waals surface area contributed by atoms with Crippen LogP contribution in [0.5, 0.6) is 23.0 Å². The topological polar surface area (TPSA) is 119 Å². The monoisotopic (exact) mass is 626 g/mol. The van der Waals surface area contributed by atoms with Crippen molar-refractivity contribution in [3.8, 4) is 23.0 Å². The number of amides is 4. The van der Waals surface area contributed by atoms with Gasteiger partial charge in [-0.3, -0.25) is 0 Å². The molecule has 4 aromatic carbocycles. The molecule has 4 N–H and O–H groups in total. The van der Waals surface area contributed by atoms with Crippen LogP contribution < -0.4 is 40.2 Å². The van der Waals surface area contributed by atoms with Gasteiger partial charge < -0.3 is 40.2 Å². The van der Waals surface area contributed by atoms with Gasteiger partial charge in [-0.05, 0) is 85.6 Å². The minimum absolute atomic E-state index is 0.330. The summed E-state index contributed by atoms with van der Waals surface area (Å²) in [5.41, 5.74) is 2.66. The Morgan fingerprint density at radius 2 is 0.826 bits per heavy atom. The van der Waals surface area contributed by atoms with Gasteiger partial charge in [0.15, 0.2) is 0 Å². The number of hydrogen-bond donors (Lipinski definition) is 4. The molecule has 242 valence electrons. The third-order valence-corrected chi connectivity index (χ3v) is 6.96.